The van der Waals surface area contributed by atoms with Gasteiger partial charge in [0.05, 0.1) is 17.3 Å². The summed E-state index contributed by atoms with van der Waals surface area (Å²) < 4.78 is 0. The van der Waals surface area contributed by atoms with E-state index >= 15 is 0 Å². The number of ketones is 1. The van der Waals surface area contributed by atoms with Crippen LogP contribution in [0.4, 0.5) is 0 Å². The van der Waals surface area contributed by atoms with Gasteiger partial charge in [0.25, 0.3) is 0 Å². The Balaban J connectivity index is 2.12. The molecule has 0 unspecified atom stereocenters. The Bertz CT molecular complexity index is 965. The molecule has 0 fully saturated rings. The Hall–Kier alpha value is -3.09. The molecule has 5 N–H and O–H groups in total. The number of carbonyl (C=O) groups excluding carboxylic acids is 1. The molecule has 31 heavy (non-hydrogen) atoms. The zero-order valence-corrected chi connectivity index (χ0v) is 18.0. The first kappa shape index (κ1) is 24.2. The lowest BCUT2D eigenvalue weighted by atomic mass is 9.95. The Labute approximate surface area is 182 Å². The smallest absolute Gasteiger partial charge is 0.189 e. The van der Waals surface area contributed by atoms with Crippen molar-refractivity contribution >= 4 is 11.9 Å². The van der Waals surface area contributed by atoms with Crippen molar-refractivity contribution in [3.63, 3.8) is 0 Å². The van der Waals surface area contributed by atoms with Gasteiger partial charge in [0.1, 0.15) is 17.2 Å². The van der Waals surface area contributed by atoms with E-state index < -0.39 is 17.5 Å². The van der Waals surface area contributed by atoms with E-state index in [1.807, 2.05) is 13.0 Å². The third-order valence-corrected chi connectivity index (χ3v) is 5.13. The van der Waals surface area contributed by atoms with Crippen molar-refractivity contribution in [3.8, 4) is 17.2 Å². The predicted octanol–water partition coefficient (Wildman–Crippen LogP) is 4.10. The second kappa shape index (κ2) is 10.3. The van der Waals surface area contributed by atoms with Gasteiger partial charge in [-0.05, 0) is 75.9 Å². The van der Waals surface area contributed by atoms with Gasteiger partial charge in [-0.1, -0.05) is 29.9 Å². The maximum Gasteiger partial charge on any atom is 0.189 e. The van der Waals surface area contributed by atoms with Crippen molar-refractivity contribution in [2.75, 3.05) is 0 Å². The van der Waals surface area contributed by atoms with Crippen LogP contribution in [0.2, 0.25) is 0 Å². The molecular weight excluding hydrogens is 396 g/mol. The summed E-state index contributed by atoms with van der Waals surface area (Å²) in [4.78, 5) is 12.5. The van der Waals surface area contributed by atoms with E-state index in [4.69, 9.17) is 0 Å². The maximum atomic E-state index is 12.5. The average Bonchev–Trinajstić information content (AvgIpc) is 2.70. The van der Waals surface area contributed by atoms with Crippen molar-refractivity contribution in [3.05, 3.63) is 70.8 Å². The number of benzene rings is 2. The van der Waals surface area contributed by atoms with E-state index in [-0.39, 0.29) is 34.8 Å². The molecule has 2 aromatic rings. The predicted molar refractivity (Wildman–Crippen MR) is 120 cm³/mol. The van der Waals surface area contributed by atoms with Crippen LogP contribution < -0.4 is 0 Å². The molecule has 6 heteroatoms. The molecule has 0 saturated heterocycles. The molecular formula is C25H30O6. The number of aliphatic hydroxyl groups excluding tert-OH is 1. The summed E-state index contributed by atoms with van der Waals surface area (Å²) in [6, 6.07) is 9.07. The van der Waals surface area contributed by atoms with Gasteiger partial charge in [0.15, 0.2) is 5.78 Å². The Morgan fingerprint density at radius 3 is 2.32 bits per heavy atom. The van der Waals surface area contributed by atoms with Gasteiger partial charge in [-0.15, -0.1) is 0 Å². The van der Waals surface area contributed by atoms with Crippen LogP contribution in [0.5, 0.6) is 17.2 Å². The van der Waals surface area contributed by atoms with Crippen molar-refractivity contribution < 1.29 is 30.3 Å². The lowest BCUT2D eigenvalue weighted by Gasteiger charge is -2.24. The molecule has 0 aliphatic carbocycles. The largest absolute Gasteiger partial charge is 0.508 e. The average molecular weight is 427 g/mol. The van der Waals surface area contributed by atoms with Crippen LogP contribution in [-0.4, -0.2) is 43.0 Å². The molecule has 0 heterocycles. The van der Waals surface area contributed by atoms with Gasteiger partial charge < -0.3 is 25.5 Å². The number of aromatic hydroxyl groups is 3. The van der Waals surface area contributed by atoms with E-state index in [2.05, 4.69) is 0 Å². The summed E-state index contributed by atoms with van der Waals surface area (Å²) in [5.74, 6) is -0.680. The summed E-state index contributed by atoms with van der Waals surface area (Å²) in [7, 11) is 0. The number of hydrogen-bond donors (Lipinski definition) is 5. The lowest BCUT2D eigenvalue weighted by Crippen LogP contribution is -2.35. The summed E-state index contributed by atoms with van der Waals surface area (Å²) in [6.45, 7) is 4.96. The SMILES string of the molecule is C/C(=C\Cc1c(O)ccc(C(=O)/C=C/c2ccc(O)cc2)c1O)CC[C@H](O)C(C)(C)O. The van der Waals surface area contributed by atoms with Crippen LogP contribution in [0.1, 0.15) is 55.1 Å². The summed E-state index contributed by atoms with van der Waals surface area (Å²) in [5, 5.41) is 49.8. The molecule has 0 aliphatic heterocycles. The van der Waals surface area contributed by atoms with E-state index in [0.717, 1.165) is 11.1 Å². The highest BCUT2D eigenvalue weighted by atomic mass is 16.3. The van der Waals surface area contributed by atoms with E-state index in [0.29, 0.717) is 12.8 Å². The first-order chi connectivity index (χ1) is 14.5. The minimum absolute atomic E-state index is 0.0753. The molecule has 0 saturated carbocycles. The minimum Gasteiger partial charge on any atom is -0.508 e. The fourth-order valence-corrected chi connectivity index (χ4v) is 2.97. The molecule has 0 aromatic heterocycles. The van der Waals surface area contributed by atoms with E-state index in [9.17, 15) is 30.3 Å². The van der Waals surface area contributed by atoms with Crippen molar-refractivity contribution in [2.45, 2.75) is 51.7 Å². The zero-order valence-electron chi connectivity index (χ0n) is 18.0. The number of phenols is 3. The number of carbonyl (C=O) groups is 1. The fraction of sp³-hybridized carbons (Fsp3) is 0.320. The van der Waals surface area contributed by atoms with Crippen LogP contribution in [-0.2, 0) is 6.42 Å². The number of aliphatic hydroxyl groups is 2. The third kappa shape index (κ3) is 6.98. The molecule has 1 atom stereocenters. The molecule has 6 nitrogen and oxygen atoms in total. The van der Waals surface area contributed by atoms with Crippen LogP contribution >= 0.6 is 0 Å². The molecule has 0 spiro atoms. The van der Waals surface area contributed by atoms with Gasteiger partial charge in [-0.2, -0.15) is 0 Å². The highest BCUT2D eigenvalue weighted by Gasteiger charge is 2.23. The zero-order chi connectivity index (χ0) is 23.2. The van der Waals surface area contributed by atoms with Gasteiger partial charge in [-0.25, -0.2) is 0 Å². The molecule has 2 rings (SSSR count). The van der Waals surface area contributed by atoms with Gasteiger partial charge in [-0.3, -0.25) is 4.79 Å². The van der Waals surface area contributed by atoms with E-state index in [1.54, 1.807) is 32.1 Å². The molecule has 0 radical (unpaired) electrons. The summed E-state index contributed by atoms with van der Waals surface area (Å²) in [6.07, 6.45) is 4.98. The lowest BCUT2D eigenvalue weighted by molar-refractivity contribution is -0.0509. The number of rotatable bonds is 9. The van der Waals surface area contributed by atoms with Crippen LogP contribution in [0.25, 0.3) is 6.08 Å². The number of allylic oxidation sites excluding steroid dienone is 3. The molecule has 0 amide bonds. The quantitative estimate of drug-likeness (QED) is 0.234. The molecule has 0 bridgehead atoms. The Morgan fingerprint density at radius 1 is 1.06 bits per heavy atom. The molecule has 166 valence electrons. The second-order valence-corrected chi connectivity index (χ2v) is 8.21. The van der Waals surface area contributed by atoms with Crippen LogP contribution in [0, 0.1) is 0 Å². The minimum atomic E-state index is -1.18. The first-order valence-electron chi connectivity index (χ1n) is 10.1. The highest BCUT2D eigenvalue weighted by molar-refractivity contribution is 6.09. The monoisotopic (exact) mass is 426 g/mol. The van der Waals surface area contributed by atoms with Gasteiger partial charge in [0.2, 0.25) is 0 Å². The number of hydrogen-bond acceptors (Lipinski definition) is 6. The maximum absolute atomic E-state index is 12.5. The highest BCUT2D eigenvalue weighted by Crippen LogP contribution is 2.32. The van der Waals surface area contributed by atoms with Gasteiger partial charge in [0, 0.05) is 5.56 Å². The third-order valence-electron chi connectivity index (χ3n) is 5.13. The number of phenolic OH excluding ortho intramolecular Hbond substituents is 3. The normalized spacial score (nSPS) is 13.5. The fourth-order valence-electron chi connectivity index (χ4n) is 2.97. The topological polar surface area (TPSA) is 118 Å². The first-order valence-corrected chi connectivity index (χ1v) is 10.1. The van der Waals surface area contributed by atoms with Crippen molar-refractivity contribution in [1.82, 2.24) is 0 Å². The summed E-state index contributed by atoms with van der Waals surface area (Å²) >= 11 is 0. The second-order valence-electron chi connectivity index (χ2n) is 8.21. The van der Waals surface area contributed by atoms with Crippen LogP contribution in [0.15, 0.2) is 54.1 Å². The summed E-state index contributed by atoms with van der Waals surface area (Å²) in [5.41, 5.74) is 0.777. The van der Waals surface area contributed by atoms with Crippen molar-refractivity contribution in [1.29, 1.82) is 0 Å². The van der Waals surface area contributed by atoms with Gasteiger partial charge >= 0.3 is 0 Å². The Kier molecular flexibility index (Phi) is 8.02. The molecule has 0 aliphatic rings. The Morgan fingerprint density at radius 2 is 1.71 bits per heavy atom. The van der Waals surface area contributed by atoms with E-state index in [1.165, 1.54) is 30.3 Å². The standard InChI is InChI=1S/C25H30O6/c1-16(5-15-23(29)25(2,3)31)4-11-19-22(28)14-12-20(24(19)30)21(27)13-8-17-6-9-18(26)10-7-17/h4,6-10,12-14,23,26,28-31H,5,11,15H2,1-3H3/b13-8+,16-4+/t23-/m0/s1. The molecule has 2 aromatic carbocycles. The van der Waals surface area contributed by atoms with Crippen LogP contribution in [0.3, 0.4) is 0 Å². The van der Waals surface area contributed by atoms with Crippen molar-refractivity contribution in [2.24, 2.45) is 0 Å².